The summed E-state index contributed by atoms with van der Waals surface area (Å²) in [6.45, 7) is 1.85. The lowest BCUT2D eigenvalue weighted by Crippen LogP contribution is -2.26. The minimum atomic E-state index is -0.507. The van der Waals surface area contributed by atoms with Gasteiger partial charge in [0, 0.05) is 22.7 Å². The number of benzene rings is 1. The van der Waals surface area contributed by atoms with E-state index in [0.717, 1.165) is 42.4 Å². The van der Waals surface area contributed by atoms with E-state index in [9.17, 15) is 10.1 Å². The maximum absolute atomic E-state index is 11.0. The van der Waals surface area contributed by atoms with Crippen molar-refractivity contribution in [2.24, 2.45) is 0 Å². The van der Waals surface area contributed by atoms with E-state index in [1.165, 1.54) is 6.07 Å². The molecule has 1 fully saturated rings. The van der Waals surface area contributed by atoms with Crippen LogP contribution in [-0.2, 0) is 0 Å². The first-order valence-electron chi connectivity index (χ1n) is 7.89. The van der Waals surface area contributed by atoms with Crippen molar-refractivity contribution < 1.29 is 9.34 Å². The summed E-state index contributed by atoms with van der Waals surface area (Å²) in [5.41, 5.74) is 1.93. The molecule has 3 heterocycles. The Kier molecular flexibility index (Phi) is 3.78. The van der Waals surface area contributed by atoms with Gasteiger partial charge in [0.25, 0.3) is 0 Å². The predicted molar refractivity (Wildman–Crippen MR) is 91.3 cm³/mol. The smallest absolute Gasteiger partial charge is 0.404 e. The molecule has 1 N–H and O–H groups in total. The first-order valence-corrected chi connectivity index (χ1v) is 8.26. The highest BCUT2D eigenvalue weighted by Crippen LogP contribution is 2.39. The van der Waals surface area contributed by atoms with Crippen molar-refractivity contribution >= 4 is 28.4 Å². The first-order chi connectivity index (χ1) is 11.6. The Hall–Kier alpha value is -2.31. The number of likely N-dealkylation sites (tertiary alicyclic amines) is 1. The van der Waals surface area contributed by atoms with Gasteiger partial charge in [-0.05, 0) is 44.1 Å². The number of hydrogen-bond acceptors (Lipinski definition) is 4. The second-order valence-corrected chi connectivity index (χ2v) is 6.39. The molecule has 24 heavy (non-hydrogen) atoms. The van der Waals surface area contributed by atoms with Crippen LogP contribution in [0.1, 0.15) is 30.2 Å². The van der Waals surface area contributed by atoms with Gasteiger partial charge >= 0.3 is 5.88 Å². The molecule has 1 aliphatic rings. The Morgan fingerprint density at radius 2 is 2.04 bits per heavy atom. The Morgan fingerprint density at radius 3 is 2.75 bits per heavy atom. The fourth-order valence-corrected chi connectivity index (χ4v) is 3.78. The van der Waals surface area contributed by atoms with E-state index in [-0.39, 0.29) is 11.9 Å². The number of H-pyrrole nitrogens is 1. The summed E-state index contributed by atoms with van der Waals surface area (Å²) < 4.78 is 5.53. The monoisotopic (exact) mass is 345 g/mol. The van der Waals surface area contributed by atoms with E-state index in [1.54, 1.807) is 6.07 Å². The molecule has 7 heteroatoms. The maximum atomic E-state index is 11.0. The summed E-state index contributed by atoms with van der Waals surface area (Å²) in [5.74, 6) is 0.338. The highest BCUT2D eigenvalue weighted by molar-refractivity contribution is 6.35. The van der Waals surface area contributed by atoms with Gasteiger partial charge in [0.1, 0.15) is 10.7 Å². The van der Waals surface area contributed by atoms with E-state index in [0.29, 0.717) is 10.8 Å². The van der Waals surface area contributed by atoms with Crippen molar-refractivity contribution in [3.05, 3.63) is 63.0 Å². The third-order valence-electron chi connectivity index (χ3n) is 4.55. The molecule has 124 valence electrons. The summed E-state index contributed by atoms with van der Waals surface area (Å²) >= 11 is 6.42. The summed E-state index contributed by atoms with van der Waals surface area (Å²) in [7, 11) is 0. The average Bonchev–Trinajstić information content (AvgIpc) is 3.29. The van der Waals surface area contributed by atoms with Crippen molar-refractivity contribution in [3.8, 4) is 0 Å². The van der Waals surface area contributed by atoms with Crippen LogP contribution < -0.4 is 0 Å². The van der Waals surface area contributed by atoms with Gasteiger partial charge in [-0.15, -0.1) is 0 Å². The summed E-state index contributed by atoms with van der Waals surface area (Å²) in [6, 6.07) is 8.64. The second-order valence-electron chi connectivity index (χ2n) is 5.99. The average molecular weight is 346 g/mol. The van der Waals surface area contributed by atoms with Crippen molar-refractivity contribution in [1.29, 1.82) is 0 Å². The molecule has 0 radical (unpaired) electrons. The zero-order valence-electron chi connectivity index (χ0n) is 12.9. The van der Waals surface area contributed by atoms with Gasteiger partial charge < -0.3 is 9.40 Å². The number of fused-ring (bicyclic) bond motifs is 1. The molecule has 1 saturated heterocycles. The van der Waals surface area contributed by atoms with Crippen LogP contribution >= 0.6 is 11.6 Å². The molecule has 0 aliphatic carbocycles. The van der Waals surface area contributed by atoms with Crippen LogP contribution in [0.3, 0.4) is 0 Å². The SMILES string of the molecule is O=[N+]([O-])c1ccc(C(c2c[nH]c3cccc(Cl)c23)N2CCCC2)o1. The van der Waals surface area contributed by atoms with Crippen LogP contribution in [-0.4, -0.2) is 27.9 Å². The third-order valence-corrected chi connectivity index (χ3v) is 4.86. The molecule has 1 aliphatic heterocycles. The van der Waals surface area contributed by atoms with E-state index >= 15 is 0 Å². The van der Waals surface area contributed by atoms with Gasteiger partial charge in [0.05, 0.1) is 17.1 Å². The highest BCUT2D eigenvalue weighted by atomic mass is 35.5. The van der Waals surface area contributed by atoms with Gasteiger partial charge in [-0.1, -0.05) is 17.7 Å². The Labute approximate surface area is 143 Å². The van der Waals surface area contributed by atoms with Crippen LogP contribution in [0.15, 0.2) is 40.9 Å². The molecular formula is C17H16ClN3O3. The molecule has 3 aromatic rings. The number of rotatable bonds is 4. The van der Waals surface area contributed by atoms with Gasteiger partial charge in [-0.25, -0.2) is 0 Å². The fourth-order valence-electron chi connectivity index (χ4n) is 3.50. The Bertz CT molecular complexity index is 896. The van der Waals surface area contributed by atoms with Crippen molar-refractivity contribution in [2.45, 2.75) is 18.9 Å². The molecular weight excluding hydrogens is 330 g/mol. The number of nitrogens with one attached hydrogen (secondary N) is 1. The number of aromatic nitrogens is 1. The van der Waals surface area contributed by atoms with Crippen molar-refractivity contribution in [2.75, 3.05) is 13.1 Å². The maximum Gasteiger partial charge on any atom is 0.433 e. The number of furan rings is 1. The lowest BCUT2D eigenvalue weighted by molar-refractivity contribution is -0.402. The normalized spacial score (nSPS) is 16.7. The molecule has 6 nitrogen and oxygen atoms in total. The molecule has 0 amide bonds. The minimum Gasteiger partial charge on any atom is -0.404 e. The van der Waals surface area contributed by atoms with Crippen LogP contribution in [0.25, 0.3) is 10.9 Å². The lowest BCUT2D eigenvalue weighted by Gasteiger charge is -2.25. The predicted octanol–water partition coefficient (Wildman–Crippen LogP) is 4.51. The summed E-state index contributed by atoms with van der Waals surface area (Å²) in [5, 5.41) is 12.6. The number of nitrogens with zero attached hydrogens (tertiary/aromatic N) is 2. The van der Waals surface area contributed by atoms with Crippen LogP contribution in [0, 0.1) is 10.1 Å². The zero-order chi connectivity index (χ0) is 16.7. The molecule has 0 bridgehead atoms. The van der Waals surface area contributed by atoms with E-state index in [1.807, 2.05) is 24.4 Å². The van der Waals surface area contributed by atoms with Crippen LogP contribution in [0.4, 0.5) is 5.88 Å². The van der Waals surface area contributed by atoms with E-state index in [2.05, 4.69) is 9.88 Å². The van der Waals surface area contributed by atoms with Gasteiger partial charge in [0.15, 0.2) is 0 Å². The fraction of sp³-hybridized carbons (Fsp3) is 0.294. The topological polar surface area (TPSA) is 75.3 Å². The molecule has 4 rings (SSSR count). The Balaban J connectivity index is 1.86. The molecule has 1 atom stereocenters. The van der Waals surface area contributed by atoms with E-state index in [4.69, 9.17) is 16.0 Å². The second kappa shape index (κ2) is 5.96. The number of hydrogen-bond donors (Lipinski definition) is 1. The van der Waals surface area contributed by atoms with Crippen molar-refractivity contribution in [3.63, 3.8) is 0 Å². The first kappa shape index (κ1) is 15.2. The number of halogens is 1. The van der Waals surface area contributed by atoms with Gasteiger partial charge in [0.2, 0.25) is 0 Å². The van der Waals surface area contributed by atoms with Crippen LogP contribution in [0.2, 0.25) is 5.02 Å². The molecule has 0 spiro atoms. The standard InChI is InChI=1S/C17H16ClN3O3/c18-12-4-3-5-13-16(12)11(10-19-13)17(20-8-1-2-9-20)14-6-7-15(24-14)21(22)23/h3-7,10,17,19H,1-2,8-9H2. The highest BCUT2D eigenvalue weighted by Gasteiger charge is 2.31. The van der Waals surface area contributed by atoms with Crippen LogP contribution in [0.5, 0.6) is 0 Å². The largest absolute Gasteiger partial charge is 0.433 e. The Morgan fingerprint density at radius 1 is 1.25 bits per heavy atom. The molecule has 1 unspecified atom stereocenters. The summed E-state index contributed by atoms with van der Waals surface area (Å²) in [6.07, 6.45) is 4.14. The molecule has 0 saturated carbocycles. The molecule has 1 aromatic carbocycles. The summed E-state index contributed by atoms with van der Waals surface area (Å²) in [4.78, 5) is 16.0. The molecule has 2 aromatic heterocycles. The van der Waals surface area contributed by atoms with E-state index < -0.39 is 4.92 Å². The number of aromatic amines is 1. The zero-order valence-corrected chi connectivity index (χ0v) is 13.6. The number of nitro groups is 1. The quantitative estimate of drug-likeness (QED) is 0.557. The van der Waals surface area contributed by atoms with Gasteiger partial charge in [-0.3, -0.25) is 15.0 Å². The third kappa shape index (κ3) is 2.48. The minimum absolute atomic E-state index is 0.185. The van der Waals surface area contributed by atoms with Gasteiger partial charge in [-0.2, -0.15) is 0 Å². The van der Waals surface area contributed by atoms with Crippen molar-refractivity contribution in [1.82, 2.24) is 9.88 Å². The lowest BCUT2D eigenvalue weighted by atomic mass is 10.0.